The first-order chi connectivity index (χ1) is 12.2. The molecule has 6 nitrogen and oxygen atoms in total. The first-order valence-electron chi connectivity index (χ1n) is 8.21. The molecular formula is C18H20FN3O3. The summed E-state index contributed by atoms with van der Waals surface area (Å²) in [6.45, 7) is 1.00. The molecule has 1 aromatic carbocycles. The van der Waals surface area contributed by atoms with Crippen LogP contribution in [0.3, 0.4) is 0 Å². The lowest BCUT2D eigenvalue weighted by Gasteiger charge is -2.21. The summed E-state index contributed by atoms with van der Waals surface area (Å²) in [6.07, 6.45) is 6.43. The van der Waals surface area contributed by atoms with E-state index < -0.39 is 5.82 Å². The van der Waals surface area contributed by atoms with Crippen molar-refractivity contribution in [2.24, 2.45) is 0 Å². The largest absolute Gasteiger partial charge is 0.494 e. The second-order valence-corrected chi connectivity index (χ2v) is 5.84. The van der Waals surface area contributed by atoms with Gasteiger partial charge in [0, 0.05) is 36.7 Å². The fourth-order valence-corrected chi connectivity index (χ4v) is 2.66. The molecule has 3 rings (SSSR count). The lowest BCUT2D eigenvalue weighted by molar-refractivity contribution is 0.00940. The smallest absolute Gasteiger partial charge is 0.251 e. The van der Waals surface area contributed by atoms with Crippen molar-refractivity contribution in [1.82, 2.24) is 15.3 Å². The van der Waals surface area contributed by atoms with E-state index in [1.807, 2.05) is 0 Å². The van der Waals surface area contributed by atoms with Crippen LogP contribution in [-0.4, -0.2) is 29.6 Å². The van der Waals surface area contributed by atoms with Crippen molar-refractivity contribution in [3.63, 3.8) is 0 Å². The molecule has 1 aromatic heterocycles. The number of rotatable bonds is 5. The van der Waals surface area contributed by atoms with Gasteiger partial charge in [-0.15, -0.1) is 0 Å². The molecular weight excluding hydrogens is 325 g/mol. The highest BCUT2D eigenvalue weighted by atomic mass is 19.1. The van der Waals surface area contributed by atoms with Gasteiger partial charge in [-0.3, -0.25) is 4.79 Å². The predicted octanol–water partition coefficient (Wildman–Crippen LogP) is 2.80. The topological polar surface area (TPSA) is 73.3 Å². The number of carbonyl (C=O) groups excluding carboxylic acids is 1. The standard InChI is InChI=1S/C18H20FN3O3/c1-24-15-6-5-13(8-14(15)19)18(23)22-11-12-9-20-17(21-10-12)16-4-2-3-7-25-16/h5-6,8-10,16H,2-4,7,11H2,1H3,(H,22,23)/t16-/m0/s1. The van der Waals surface area contributed by atoms with Crippen LogP contribution in [0.25, 0.3) is 0 Å². The Morgan fingerprint density at radius 2 is 2.16 bits per heavy atom. The van der Waals surface area contributed by atoms with Crippen LogP contribution >= 0.6 is 0 Å². The summed E-state index contributed by atoms with van der Waals surface area (Å²) >= 11 is 0. The van der Waals surface area contributed by atoms with Crippen molar-refractivity contribution in [1.29, 1.82) is 0 Å². The maximum atomic E-state index is 13.7. The van der Waals surface area contributed by atoms with Gasteiger partial charge in [-0.05, 0) is 37.5 Å². The van der Waals surface area contributed by atoms with Crippen molar-refractivity contribution in [2.75, 3.05) is 13.7 Å². The number of carbonyl (C=O) groups is 1. The van der Waals surface area contributed by atoms with E-state index in [2.05, 4.69) is 15.3 Å². The minimum absolute atomic E-state index is 0.0420. The molecule has 2 aromatic rings. The van der Waals surface area contributed by atoms with E-state index in [4.69, 9.17) is 9.47 Å². The molecule has 0 unspecified atom stereocenters. The molecule has 1 fully saturated rings. The molecule has 0 aliphatic carbocycles. The lowest BCUT2D eigenvalue weighted by Crippen LogP contribution is -2.23. The van der Waals surface area contributed by atoms with Gasteiger partial charge in [-0.25, -0.2) is 14.4 Å². The Morgan fingerprint density at radius 3 is 2.80 bits per heavy atom. The maximum Gasteiger partial charge on any atom is 0.251 e. The van der Waals surface area contributed by atoms with Crippen molar-refractivity contribution >= 4 is 5.91 Å². The lowest BCUT2D eigenvalue weighted by atomic mass is 10.1. The first kappa shape index (κ1) is 17.3. The molecule has 1 aliphatic rings. The van der Waals surface area contributed by atoms with Crippen LogP contribution in [0.5, 0.6) is 5.75 Å². The van der Waals surface area contributed by atoms with Gasteiger partial charge < -0.3 is 14.8 Å². The second-order valence-electron chi connectivity index (χ2n) is 5.84. The highest BCUT2D eigenvalue weighted by molar-refractivity contribution is 5.94. The molecule has 2 heterocycles. The summed E-state index contributed by atoms with van der Waals surface area (Å²) in [6, 6.07) is 4.08. The van der Waals surface area contributed by atoms with Crippen LogP contribution < -0.4 is 10.1 Å². The number of benzene rings is 1. The summed E-state index contributed by atoms with van der Waals surface area (Å²) < 4.78 is 24.1. The quantitative estimate of drug-likeness (QED) is 0.902. The first-order valence-corrected chi connectivity index (χ1v) is 8.21. The number of halogens is 1. The third-order valence-corrected chi connectivity index (χ3v) is 4.06. The third kappa shape index (κ3) is 4.30. The number of nitrogens with zero attached hydrogens (tertiary/aromatic N) is 2. The Balaban J connectivity index is 1.57. The summed E-state index contributed by atoms with van der Waals surface area (Å²) in [4.78, 5) is 20.8. The van der Waals surface area contributed by atoms with Gasteiger partial charge in [0.2, 0.25) is 0 Å². The average molecular weight is 345 g/mol. The Morgan fingerprint density at radius 1 is 1.36 bits per heavy atom. The maximum absolute atomic E-state index is 13.7. The number of amides is 1. The normalized spacial score (nSPS) is 17.1. The van der Waals surface area contributed by atoms with Crippen molar-refractivity contribution in [3.05, 3.63) is 53.4 Å². The number of ether oxygens (including phenoxy) is 2. The van der Waals surface area contributed by atoms with E-state index in [1.54, 1.807) is 12.4 Å². The van der Waals surface area contributed by atoms with Gasteiger partial charge in [-0.2, -0.15) is 0 Å². The van der Waals surface area contributed by atoms with Crippen LogP contribution in [0.4, 0.5) is 4.39 Å². The Labute approximate surface area is 145 Å². The Kier molecular flexibility index (Phi) is 5.55. The Hall–Kier alpha value is -2.54. The van der Waals surface area contributed by atoms with E-state index >= 15 is 0 Å². The zero-order chi connectivity index (χ0) is 17.6. The summed E-state index contributed by atoms with van der Waals surface area (Å²) in [5.41, 5.74) is 0.994. The molecule has 1 N–H and O–H groups in total. The van der Waals surface area contributed by atoms with Gasteiger partial charge in [0.15, 0.2) is 17.4 Å². The van der Waals surface area contributed by atoms with Gasteiger partial charge in [0.1, 0.15) is 6.10 Å². The van der Waals surface area contributed by atoms with Crippen molar-refractivity contribution in [3.8, 4) is 5.75 Å². The summed E-state index contributed by atoms with van der Waals surface area (Å²) in [5, 5.41) is 2.72. The zero-order valence-electron chi connectivity index (χ0n) is 14.0. The molecule has 7 heteroatoms. The minimum Gasteiger partial charge on any atom is -0.494 e. The highest BCUT2D eigenvalue weighted by Gasteiger charge is 2.18. The van der Waals surface area contributed by atoms with Crippen LogP contribution in [0.15, 0.2) is 30.6 Å². The number of hydrogen-bond donors (Lipinski definition) is 1. The minimum atomic E-state index is -0.574. The number of nitrogens with one attached hydrogen (secondary N) is 1. The van der Waals surface area contributed by atoms with Crippen LogP contribution in [0, 0.1) is 5.82 Å². The SMILES string of the molecule is COc1ccc(C(=O)NCc2cnc([C@@H]3CCCCO3)nc2)cc1F. The predicted molar refractivity (Wildman–Crippen MR) is 88.7 cm³/mol. The monoisotopic (exact) mass is 345 g/mol. The zero-order valence-corrected chi connectivity index (χ0v) is 14.0. The van der Waals surface area contributed by atoms with E-state index in [9.17, 15) is 9.18 Å². The summed E-state index contributed by atoms with van der Waals surface area (Å²) in [7, 11) is 1.38. The fraction of sp³-hybridized carbons (Fsp3) is 0.389. The Bertz CT molecular complexity index is 731. The molecule has 1 atom stereocenters. The number of hydrogen-bond acceptors (Lipinski definition) is 5. The van der Waals surface area contributed by atoms with Crippen LogP contribution in [0.1, 0.15) is 47.1 Å². The van der Waals surface area contributed by atoms with Gasteiger partial charge in [0.25, 0.3) is 5.91 Å². The fourth-order valence-electron chi connectivity index (χ4n) is 2.66. The van der Waals surface area contributed by atoms with E-state index in [0.29, 0.717) is 5.82 Å². The number of aromatic nitrogens is 2. The van der Waals surface area contributed by atoms with Gasteiger partial charge in [0.05, 0.1) is 7.11 Å². The third-order valence-electron chi connectivity index (χ3n) is 4.06. The highest BCUT2D eigenvalue weighted by Crippen LogP contribution is 2.24. The van der Waals surface area contributed by atoms with Crippen LogP contribution in [-0.2, 0) is 11.3 Å². The molecule has 0 saturated carbocycles. The molecule has 1 amide bonds. The van der Waals surface area contributed by atoms with Gasteiger partial charge in [-0.1, -0.05) is 0 Å². The van der Waals surface area contributed by atoms with Crippen LogP contribution in [0.2, 0.25) is 0 Å². The second kappa shape index (κ2) is 8.02. The van der Waals surface area contributed by atoms with Crippen molar-refractivity contribution < 1.29 is 18.7 Å². The molecule has 1 saturated heterocycles. The molecule has 1 aliphatic heterocycles. The molecule has 0 spiro atoms. The molecule has 0 radical (unpaired) electrons. The van der Waals surface area contributed by atoms with E-state index in [1.165, 1.54) is 19.2 Å². The van der Waals surface area contributed by atoms with E-state index in [0.717, 1.165) is 37.5 Å². The molecule has 132 valence electrons. The number of methoxy groups -OCH3 is 1. The summed E-state index contributed by atoms with van der Waals surface area (Å²) in [5.74, 6) is -0.172. The molecule has 25 heavy (non-hydrogen) atoms. The van der Waals surface area contributed by atoms with Gasteiger partial charge >= 0.3 is 0 Å². The average Bonchev–Trinajstić information content (AvgIpc) is 2.67. The van der Waals surface area contributed by atoms with E-state index in [-0.39, 0.29) is 29.9 Å². The molecule has 0 bridgehead atoms. The van der Waals surface area contributed by atoms with Crippen molar-refractivity contribution in [2.45, 2.75) is 31.9 Å².